The lowest BCUT2D eigenvalue weighted by Gasteiger charge is -2.31. The second-order valence-electron chi connectivity index (χ2n) is 7.50. The number of nitrogens with zero attached hydrogens (tertiary/aromatic N) is 5. The first-order chi connectivity index (χ1) is 15.1. The van der Waals surface area contributed by atoms with Crippen molar-refractivity contribution < 1.29 is 14.3 Å². The Morgan fingerprint density at radius 2 is 1.90 bits per heavy atom. The highest BCUT2D eigenvalue weighted by Crippen LogP contribution is 2.22. The molecule has 2 aromatic carbocycles. The van der Waals surface area contributed by atoms with Crippen LogP contribution in [0.4, 0.5) is 5.69 Å². The zero-order chi connectivity index (χ0) is 21.6. The van der Waals surface area contributed by atoms with E-state index in [1.165, 1.54) is 6.33 Å². The molecule has 9 nitrogen and oxygen atoms in total. The number of nitrogens with one attached hydrogen (secondary N) is 1. The second kappa shape index (κ2) is 9.38. The van der Waals surface area contributed by atoms with Crippen LogP contribution in [0, 0.1) is 12.8 Å². The summed E-state index contributed by atoms with van der Waals surface area (Å²) in [7, 11) is 0. The molecule has 0 unspecified atom stereocenters. The van der Waals surface area contributed by atoms with Gasteiger partial charge in [0.25, 0.3) is 5.91 Å². The smallest absolute Gasteiger partial charge is 0.260 e. The number of hydrogen-bond acceptors (Lipinski definition) is 6. The van der Waals surface area contributed by atoms with Gasteiger partial charge in [-0.2, -0.15) is 0 Å². The van der Waals surface area contributed by atoms with Crippen molar-refractivity contribution in [1.29, 1.82) is 0 Å². The van der Waals surface area contributed by atoms with E-state index in [0.717, 1.165) is 16.9 Å². The molecular formula is C22H24N6O3. The van der Waals surface area contributed by atoms with E-state index in [0.29, 0.717) is 31.7 Å². The number of ether oxygens (including phenoxy) is 1. The van der Waals surface area contributed by atoms with Gasteiger partial charge >= 0.3 is 0 Å². The van der Waals surface area contributed by atoms with Crippen LogP contribution in [-0.4, -0.2) is 56.6 Å². The summed E-state index contributed by atoms with van der Waals surface area (Å²) in [4.78, 5) is 26.9. The molecule has 31 heavy (non-hydrogen) atoms. The van der Waals surface area contributed by atoms with Crippen molar-refractivity contribution in [2.75, 3.05) is 25.0 Å². The molecule has 0 spiro atoms. The summed E-state index contributed by atoms with van der Waals surface area (Å²) in [5, 5.41) is 14.2. The monoisotopic (exact) mass is 420 g/mol. The van der Waals surface area contributed by atoms with Crippen LogP contribution < -0.4 is 10.1 Å². The Morgan fingerprint density at radius 1 is 1.13 bits per heavy atom. The van der Waals surface area contributed by atoms with Gasteiger partial charge in [-0.1, -0.05) is 18.2 Å². The molecule has 0 saturated carbocycles. The largest absolute Gasteiger partial charge is 0.484 e. The molecule has 2 amide bonds. The van der Waals surface area contributed by atoms with Crippen molar-refractivity contribution in [1.82, 2.24) is 25.1 Å². The highest BCUT2D eigenvalue weighted by Gasteiger charge is 2.27. The zero-order valence-corrected chi connectivity index (χ0v) is 17.3. The Bertz CT molecular complexity index is 1030. The summed E-state index contributed by atoms with van der Waals surface area (Å²) in [6.45, 7) is 3.04. The summed E-state index contributed by atoms with van der Waals surface area (Å²) in [6, 6.07) is 14.9. The number of carbonyl (C=O) groups excluding carboxylic acids is 2. The lowest BCUT2D eigenvalue weighted by Crippen LogP contribution is -2.43. The van der Waals surface area contributed by atoms with Gasteiger partial charge < -0.3 is 15.0 Å². The third-order valence-corrected chi connectivity index (χ3v) is 5.38. The third kappa shape index (κ3) is 5.06. The Labute approximate surface area is 180 Å². The number of anilines is 1. The minimum atomic E-state index is -0.126. The lowest BCUT2D eigenvalue weighted by atomic mass is 9.95. The SMILES string of the molecule is Cc1cc(NC(=O)C2CCN(C(=O)COc3ccccc3)CC2)ccc1-n1cnnn1. The number of piperidine rings is 1. The van der Waals surface area contributed by atoms with Gasteiger partial charge in [0.2, 0.25) is 5.91 Å². The van der Waals surface area contributed by atoms with Crippen molar-refractivity contribution in [2.45, 2.75) is 19.8 Å². The molecule has 1 saturated heterocycles. The standard InChI is InChI=1S/C22H24N6O3/c1-16-13-18(7-8-20(16)28-15-23-25-26-28)24-22(30)17-9-11-27(12-10-17)21(29)14-31-19-5-3-2-4-6-19/h2-8,13,15,17H,9-12,14H2,1H3,(H,24,30). The number of hydrogen-bond donors (Lipinski definition) is 1. The van der Waals surface area contributed by atoms with Crippen molar-refractivity contribution in [2.24, 2.45) is 5.92 Å². The average Bonchev–Trinajstić information content (AvgIpc) is 3.33. The molecule has 0 atom stereocenters. The van der Waals surface area contributed by atoms with Crippen LogP contribution in [0.1, 0.15) is 18.4 Å². The first-order valence-electron chi connectivity index (χ1n) is 10.2. The highest BCUT2D eigenvalue weighted by molar-refractivity contribution is 5.93. The van der Waals surface area contributed by atoms with Gasteiger partial charge in [-0.05, 0) is 66.1 Å². The van der Waals surface area contributed by atoms with E-state index in [1.807, 2.05) is 55.5 Å². The van der Waals surface area contributed by atoms with Crippen LogP contribution in [-0.2, 0) is 9.59 Å². The highest BCUT2D eigenvalue weighted by atomic mass is 16.5. The fraction of sp³-hybridized carbons (Fsp3) is 0.318. The lowest BCUT2D eigenvalue weighted by molar-refractivity contribution is -0.136. The maximum Gasteiger partial charge on any atom is 0.260 e. The minimum Gasteiger partial charge on any atom is -0.484 e. The number of tetrazole rings is 1. The molecule has 160 valence electrons. The Kier molecular flexibility index (Phi) is 6.21. The summed E-state index contributed by atoms with van der Waals surface area (Å²) in [5.41, 5.74) is 2.53. The molecule has 9 heteroatoms. The number of carbonyl (C=O) groups is 2. The topological polar surface area (TPSA) is 102 Å². The molecule has 4 rings (SSSR count). The number of amides is 2. The molecule has 0 aliphatic carbocycles. The molecule has 0 radical (unpaired) electrons. The molecule has 1 aliphatic heterocycles. The maximum atomic E-state index is 12.7. The third-order valence-electron chi connectivity index (χ3n) is 5.38. The van der Waals surface area contributed by atoms with Gasteiger partial charge in [0.1, 0.15) is 12.1 Å². The molecular weight excluding hydrogens is 396 g/mol. The molecule has 0 bridgehead atoms. The number of rotatable bonds is 6. The van der Waals surface area contributed by atoms with Crippen LogP contribution in [0.3, 0.4) is 0 Å². The molecule has 1 aliphatic rings. The zero-order valence-electron chi connectivity index (χ0n) is 17.3. The number of likely N-dealkylation sites (tertiary alicyclic amines) is 1. The van der Waals surface area contributed by atoms with Gasteiger partial charge in [-0.25, -0.2) is 4.68 Å². The number of benzene rings is 2. The summed E-state index contributed by atoms with van der Waals surface area (Å²) in [5.74, 6) is 0.462. The summed E-state index contributed by atoms with van der Waals surface area (Å²) in [6.07, 6.45) is 2.79. The predicted molar refractivity (Wildman–Crippen MR) is 114 cm³/mol. The predicted octanol–water partition coefficient (Wildman–Crippen LogP) is 2.23. The Hall–Kier alpha value is -3.75. The van der Waals surface area contributed by atoms with Gasteiger partial charge in [0.15, 0.2) is 6.61 Å². The van der Waals surface area contributed by atoms with Crippen molar-refractivity contribution in [3.8, 4) is 11.4 Å². The van der Waals surface area contributed by atoms with E-state index < -0.39 is 0 Å². The quantitative estimate of drug-likeness (QED) is 0.656. The van der Waals surface area contributed by atoms with E-state index in [9.17, 15) is 9.59 Å². The van der Waals surface area contributed by atoms with E-state index >= 15 is 0 Å². The first kappa shape index (κ1) is 20.5. The fourth-order valence-electron chi connectivity index (χ4n) is 3.65. The van der Waals surface area contributed by atoms with Crippen LogP contribution in [0.25, 0.3) is 5.69 Å². The molecule has 3 aromatic rings. The fourth-order valence-corrected chi connectivity index (χ4v) is 3.65. The van der Waals surface area contributed by atoms with Gasteiger partial charge in [-0.3, -0.25) is 9.59 Å². The Balaban J connectivity index is 1.26. The van der Waals surface area contributed by atoms with Crippen LogP contribution in [0.15, 0.2) is 54.9 Å². The number of para-hydroxylation sites is 1. The normalized spacial score (nSPS) is 14.3. The maximum absolute atomic E-state index is 12.7. The molecule has 1 N–H and O–H groups in total. The summed E-state index contributed by atoms with van der Waals surface area (Å²) < 4.78 is 7.12. The van der Waals surface area contributed by atoms with Crippen molar-refractivity contribution in [3.63, 3.8) is 0 Å². The molecule has 2 heterocycles. The number of aryl methyl sites for hydroxylation is 1. The molecule has 1 fully saturated rings. The minimum absolute atomic E-state index is 0.00773. The van der Waals surface area contributed by atoms with E-state index in [2.05, 4.69) is 20.8 Å². The number of aromatic nitrogens is 4. The van der Waals surface area contributed by atoms with Crippen LogP contribution in [0.2, 0.25) is 0 Å². The van der Waals surface area contributed by atoms with Crippen LogP contribution >= 0.6 is 0 Å². The van der Waals surface area contributed by atoms with E-state index in [1.54, 1.807) is 9.58 Å². The second-order valence-corrected chi connectivity index (χ2v) is 7.50. The van der Waals surface area contributed by atoms with Gasteiger partial charge in [0, 0.05) is 24.7 Å². The Morgan fingerprint density at radius 3 is 2.58 bits per heavy atom. The summed E-state index contributed by atoms with van der Waals surface area (Å²) >= 11 is 0. The van der Waals surface area contributed by atoms with E-state index in [4.69, 9.17) is 4.74 Å². The van der Waals surface area contributed by atoms with Crippen molar-refractivity contribution in [3.05, 3.63) is 60.4 Å². The average molecular weight is 420 g/mol. The van der Waals surface area contributed by atoms with E-state index in [-0.39, 0.29) is 24.3 Å². The van der Waals surface area contributed by atoms with Crippen molar-refractivity contribution >= 4 is 17.5 Å². The van der Waals surface area contributed by atoms with Crippen LogP contribution in [0.5, 0.6) is 5.75 Å². The van der Waals surface area contributed by atoms with Gasteiger partial charge in [-0.15, -0.1) is 5.10 Å². The first-order valence-corrected chi connectivity index (χ1v) is 10.2. The molecule has 1 aromatic heterocycles. The van der Waals surface area contributed by atoms with Gasteiger partial charge in [0.05, 0.1) is 5.69 Å².